The summed E-state index contributed by atoms with van der Waals surface area (Å²) in [5.41, 5.74) is 2.47. The van der Waals surface area contributed by atoms with Gasteiger partial charge in [0.2, 0.25) is 0 Å². The van der Waals surface area contributed by atoms with E-state index in [2.05, 4.69) is 25.6 Å². The molecule has 0 radical (unpaired) electrons. The first kappa shape index (κ1) is 16.6. The van der Waals surface area contributed by atoms with Gasteiger partial charge >= 0.3 is 0 Å². The predicted molar refractivity (Wildman–Crippen MR) is 94.3 cm³/mol. The minimum Gasteiger partial charge on any atom is -0.400 e. The molecule has 7 nitrogen and oxygen atoms in total. The minimum atomic E-state index is 0.408. The largest absolute Gasteiger partial charge is 0.400 e. The molecule has 4 heterocycles. The van der Waals surface area contributed by atoms with Gasteiger partial charge < -0.3 is 15.7 Å². The van der Waals surface area contributed by atoms with E-state index >= 15 is 0 Å². The van der Waals surface area contributed by atoms with E-state index in [0.717, 1.165) is 49.5 Å². The maximum atomic E-state index is 7.00. The van der Waals surface area contributed by atoms with Crippen molar-refractivity contribution in [3.8, 4) is 11.4 Å². The number of hydrogen-bond acceptors (Lipinski definition) is 6. The van der Waals surface area contributed by atoms with Gasteiger partial charge in [-0.25, -0.2) is 9.97 Å². The SMILES string of the molecule is CO.Clc1ccn2c(-c3cncc(NC4CCNC4)n3)cnc2c1. The van der Waals surface area contributed by atoms with Gasteiger partial charge in [0.1, 0.15) is 17.2 Å². The van der Waals surface area contributed by atoms with Crippen LogP contribution in [0.2, 0.25) is 5.02 Å². The number of pyridine rings is 1. The number of aromatic nitrogens is 4. The standard InChI is InChI=1S/C15H15ClN6.CH4O/c16-10-2-4-22-13(8-19-15(22)5-10)12-7-18-9-14(21-12)20-11-1-3-17-6-11;1-2/h2,4-5,7-9,11,17H,1,3,6H2,(H,20,21);2H,1H3. The molecule has 24 heavy (non-hydrogen) atoms. The normalized spacial score (nSPS) is 16.7. The van der Waals surface area contributed by atoms with Gasteiger partial charge in [-0.15, -0.1) is 0 Å². The van der Waals surface area contributed by atoms with Crippen molar-refractivity contribution < 1.29 is 5.11 Å². The lowest BCUT2D eigenvalue weighted by Crippen LogP contribution is -2.22. The Morgan fingerprint density at radius 1 is 1.33 bits per heavy atom. The third kappa shape index (κ3) is 3.48. The highest BCUT2D eigenvalue weighted by Gasteiger charge is 2.15. The summed E-state index contributed by atoms with van der Waals surface area (Å²) in [5.74, 6) is 0.787. The van der Waals surface area contributed by atoms with E-state index in [1.54, 1.807) is 18.6 Å². The van der Waals surface area contributed by atoms with Crippen LogP contribution in [-0.2, 0) is 0 Å². The van der Waals surface area contributed by atoms with Crippen molar-refractivity contribution in [1.82, 2.24) is 24.7 Å². The topological polar surface area (TPSA) is 87.4 Å². The van der Waals surface area contributed by atoms with E-state index in [1.807, 2.05) is 22.7 Å². The Morgan fingerprint density at radius 3 is 3.00 bits per heavy atom. The van der Waals surface area contributed by atoms with Crippen molar-refractivity contribution in [3.63, 3.8) is 0 Å². The van der Waals surface area contributed by atoms with Gasteiger partial charge in [0.25, 0.3) is 0 Å². The van der Waals surface area contributed by atoms with Gasteiger partial charge in [0.05, 0.1) is 24.3 Å². The Labute approximate surface area is 144 Å². The van der Waals surface area contributed by atoms with Crippen molar-refractivity contribution in [2.24, 2.45) is 0 Å². The molecule has 126 valence electrons. The highest BCUT2D eigenvalue weighted by molar-refractivity contribution is 6.30. The van der Waals surface area contributed by atoms with Crippen LogP contribution in [0.25, 0.3) is 17.0 Å². The number of rotatable bonds is 3. The van der Waals surface area contributed by atoms with E-state index in [1.165, 1.54) is 0 Å². The van der Waals surface area contributed by atoms with E-state index in [-0.39, 0.29) is 0 Å². The maximum Gasteiger partial charge on any atom is 0.145 e. The smallest absolute Gasteiger partial charge is 0.145 e. The predicted octanol–water partition coefficient (Wildman–Crippen LogP) is 1.83. The van der Waals surface area contributed by atoms with Crippen molar-refractivity contribution in [2.75, 3.05) is 25.5 Å². The summed E-state index contributed by atoms with van der Waals surface area (Å²) < 4.78 is 1.96. The molecule has 3 N–H and O–H groups in total. The number of halogens is 1. The van der Waals surface area contributed by atoms with Gasteiger partial charge in [-0.1, -0.05) is 11.6 Å². The number of anilines is 1. The quantitative estimate of drug-likeness (QED) is 0.670. The molecule has 0 aromatic carbocycles. The molecule has 0 saturated carbocycles. The third-order valence-corrected chi connectivity index (χ3v) is 4.02. The van der Waals surface area contributed by atoms with E-state index in [0.29, 0.717) is 11.1 Å². The minimum absolute atomic E-state index is 0.408. The molecule has 4 rings (SSSR count). The molecule has 1 fully saturated rings. The summed E-state index contributed by atoms with van der Waals surface area (Å²) in [7, 11) is 1.00. The molecule has 8 heteroatoms. The van der Waals surface area contributed by atoms with Crippen molar-refractivity contribution in [1.29, 1.82) is 0 Å². The third-order valence-electron chi connectivity index (χ3n) is 3.78. The number of fused-ring (bicyclic) bond motifs is 1. The molecular weight excluding hydrogens is 328 g/mol. The van der Waals surface area contributed by atoms with Gasteiger partial charge in [-0.05, 0) is 19.0 Å². The monoisotopic (exact) mass is 346 g/mol. The summed E-state index contributed by atoms with van der Waals surface area (Å²) in [6.07, 6.45) is 8.28. The molecule has 1 atom stereocenters. The lowest BCUT2D eigenvalue weighted by Gasteiger charge is -2.12. The molecule has 0 bridgehead atoms. The summed E-state index contributed by atoms with van der Waals surface area (Å²) in [6.45, 7) is 2.00. The number of nitrogens with one attached hydrogen (secondary N) is 2. The molecule has 0 amide bonds. The molecule has 1 aliphatic heterocycles. The Morgan fingerprint density at radius 2 is 2.21 bits per heavy atom. The maximum absolute atomic E-state index is 7.00. The second-order valence-electron chi connectivity index (χ2n) is 5.34. The fourth-order valence-electron chi connectivity index (χ4n) is 2.69. The van der Waals surface area contributed by atoms with Gasteiger partial charge in [0.15, 0.2) is 0 Å². The number of aliphatic hydroxyl groups excluding tert-OH is 1. The van der Waals surface area contributed by atoms with E-state index < -0.39 is 0 Å². The Kier molecular flexibility index (Phi) is 5.24. The Bertz CT molecular complexity index is 815. The number of nitrogens with zero attached hydrogens (tertiary/aromatic N) is 4. The Balaban J connectivity index is 0.000000815. The molecule has 3 aromatic rings. The first-order chi connectivity index (χ1) is 11.8. The van der Waals surface area contributed by atoms with Gasteiger partial charge in [-0.3, -0.25) is 9.38 Å². The van der Waals surface area contributed by atoms with Crippen LogP contribution in [0, 0.1) is 0 Å². The number of aliphatic hydroxyl groups is 1. The number of hydrogen-bond donors (Lipinski definition) is 3. The van der Waals surface area contributed by atoms with Crippen LogP contribution in [0.4, 0.5) is 5.82 Å². The van der Waals surface area contributed by atoms with E-state index in [4.69, 9.17) is 16.7 Å². The molecule has 1 saturated heterocycles. The molecule has 0 spiro atoms. The average molecular weight is 347 g/mol. The van der Waals surface area contributed by atoms with Crippen LogP contribution in [0.3, 0.4) is 0 Å². The summed E-state index contributed by atoms with van der Waals surface area (Å²) in [5, 5.41) is 14.4. The van der Waals surface area contributed by atoms with E-state index in [9.17, 15) is 0 Å². The first-order valence-corrected chi connectivity index (χ1v) is 8.04. The fraction of sp³-hybridized carbons (Fsp3) is 0.312. The zero-order valence-electron chi connectivity index (χ0n) is 13.3. The molecule has 0 aliphatic carbocycles. The zero-order valence-corrected chi connectivity index (χ0v) is 14.0. The second-order valence-corrected chi connectivity index (χ2v) is 5.78. The number of imidazole rings is 1. The molecule has 3 aromatic heterocycles. The Hall–Kier alpha value is -2.22. The van der Waals surface area contributed by atoms with Crippen molar-refractivity contribution >= 4 is 23.1 Å². The summed E-state index contributed by atoms with van der Waals surface area (Å²) in [6, 6.07) is 4.06. The van der Waals surface area contributed by atoms with Crippen LogP contribution >= 0.6 is 11.6 Å². The van der Waals surface area contributed by atoms with Crippen molar-refractivity contribution in [2.45, 2.75) is 12.5 Å². The summed E-state index contributed by atoms with van der Waals surface area (Å²) >= 11 is 6.00. The molecule has 1 unspecified atom stereocenters. The van der Waals surface area contributed by atoms with Crippen LogP contribution in [-0.4, -0.2) is 50.7 Å². The first-order valence-electron chi connectivity index (χ1n) is 7.66. The lowest BCUT2D eigenvalue weighted by molar-refractivity contribution is 0.399. The second kappa shape index (κ2) is 7.57. The lowest BCUT2D eigenvalue weighted by atomic mass is 10.2. The highest BCUT2D eigenvalue weighted by Crippen LogP contribution is 2.21. The highest BCUT2D eigenvalue weighted by atomic mass is 35.5. The van der Waals surface area contributed by atoms with Crippen LogP contribution in [0.5, 0.6) is 0 Å². The molecular formula is C16H19ClN6O. The average Bonchev–Trinajstić information content (AvgIpc) is 3.26. The van der Waals surface area contributed by atoms with Crippen LogP contribution < -0.4 is 10.6 Å². The molecule has 1 aliphatic rings. The summed E-state index contributed by atoms with van der Waals surface area (Å²) in [4.78, 5) is 13.3. The van der Waals surface area contributed by atoms with Crippen LogP contribution in [0.1, 0.15) is 6.42 Å². The van der Waals surface area contributed by atoms with Crippen LogP contribution in [0.15, 0.2) is 36.9 Å². The zero-order chi connectivity index (χ0) is 16.9. The van der Waals surface area contributed by atoms with Gasteiger partial charge in [0, 0.05) is 37.0 Å². The van der Waals surface area contributed by atoms with Crippen molar-refractivity contribution in [3.05, 3.63) is 41.9 Å². The van der Waals surface area contributed by atoms with Gasteiger partial charge in [-0.2, -0.15) is 0 Å². The fourth-order valence-corrected chi connectivity index (χ4v) is 2.85.